The maximum Gasteiger partial charge on any atom is 0.188 e. The van der Waals surface area contributed by atoms with Crippen LogP contribution in [0.3, 0.4) is 0 Å². The van der Waals surface area contributed by atoms with Crippen molar-refractivity contribution >= 4 is 25.4 Å². The fourth-order valence-electron chi connectivity index (χ4n) is 3.14. The first-order valence-electron chi connectivity index (χ1n) is 9.16. The van der Waals surface area contributed by atoms with Crippen molar-refractivity contribution < 1.29 is 9.47 Å². The molecule has 3 rings (SSSR count). The lowest BCUT2D eigenvalue weighted by molar-refractivity contribution is 0.0519. The van der Waals surface area contributed by atoms with Crippen LogP contribution in [0.25, 0.3) is 0 Å². The highest BCUT2D eigenvalue weighted by Crippen LogP contribution is 2.24. The van der Waals surface area contributed by atoms with Gasteiger partial charge in [0.15, 0.2) is 6.79 Å². The van der Waals surface area contributed by atoms with Crippen molar-refractivity contribution in [1.82, 2.24) is 0 Å². The maximum atomic E-state index is 5.83. The van der Waals surface area contributed by atoms with Crippen LogP contribution in [0, 0.1) is 5.92 Å². The number of hydrogen-bond donors (Lipinski definition) is 0. The quantitative estimate of drug-likeness (QED) is 0.394. The van der Waals surface area contributed by atoms with Gasteiger partial charge in [-0.2, -0.15) is 0 Å². The van der Waals surface area contributed by atoms with Gasteiger partial charge in [0, 0.05) is 25.7 Å². The monoisotopic (exact) mass is 379 g/mol. The van der Waals surface area contributed by atoms with Crippen LogP contribution in [0.2, 0.25) is 0 Å². The van der Waals surface area contributed by atoms with Crippen LogP contribution in [0.1, 0.15) is 17.5 Å². The molecule has 27 heavy (non-hydrogen) atoms. The molecule has 1 aliphatic carbocycles. The summed E-state index contributed by atoms with van der Waals surface area (Å²) in [6.07, 6.45) is 12.9. The van der Waals surface area contributed by atoms with Gasteiger partial charge in [0.25, 0.3) is 0 Å². The Labute approximate surface area is 163 Å². The molecule has 0 aromatic heterocycles. The topological polar surface area (TPSA) is 30.8 Å². The molecule has 0 heterocycles. The molecule has 2 atom stereocenters. The lowest BCUT2D eigenvalue weighted by Crippen LogP contribution is -2.14. The molecule has 2 aromatic rings. The molecule has 0 spiro atoms. The van der Waals surface area contributed by atoms with E-state index in [0.717, 1.165) is 24.2 Å². The molecule has 0 amide bonds. The summed E-state index contributed by atoms with van der Waals surface area (Å²) in [4.78, 5) is 4.19. The van der Waals surface area contributed by atoms with Gasteiger partial charge in [-0.25, -0.2) is 0 Å². The number of nitrogens with zero attached hydrogens (tertiary/aromatic N) is 1. The first-order chi connectivity index (χ1) is 13.3. The van der Waals surface area contributed by atoms with E-state index >= 15 is 0 Å². The number of benzene rings is 2. The zero-order valence-electron chi connectivity index (χ0n) is 15.9. The molecule has 0 saturated carbocycles. The second-order valence-electron chi connectivity index (χ2n) is 6.49. The molecule has 0 radical (unpaired) electrons. The number of hydrogen-bond acceptors (Lipinski definition) is 3. The summed E-state index contributed by atoms with van der Waals surface area (Å²) >= 11 is 0. The second-order valence-corrected chi connectivity index (χ2v) is 7.82. The highest BCUT2D eigenvalue weighted by molar-refractivity contribution is 7.56. The number of ether oxygens (including phenoxy) is 2. The smallest absolute Gasteiger partial charge is 0.188 e. The lowest BCUT2D eigenvalue weighted by atomic mass is 9.93. The normalized spacial score (nSPS) is 16.6. The first-order valence-corrected chi connectivity index (χ1v) is 10.2. The highest BCUT2D eigenvalue weighted by atomic mass is 31.1. The molecule has 0 saturated heterocycles. The van der Waals surface area contributed by atoms with E-state index in [4.69, 9.17) is 9.47 Å². The Hall–Kier alpha value is -2.22. The molecule has 0 fully saturated rings. The van der Waals surface area contributed by atoms with E-state index in [9.17, 15) is 0 Å². The molecular formula is C23H26NO2P. The fourth-order valence-corrected chi connectivity index (χ4v) is 4.44. The third-order valence-corrected chi connectivity index (χ3v) is 5.83. The maximum absolute atomic E-state index is 5.83. The average Bonchev–Trinajstić information content (AvgIpc) is 2.70. The van der Waals surface area contributed by atoms with E-state index in [2.05, 4.69) is 65.7 Å². The second kappa shape index (κ2) is 10.2. The summed E-state index contributed by atoms with van der Waals surface area (Å²) < 4.78 is 10.9. The first kappa shape index (κ1) is 19.5. The molecule has 0 N–H and O–H groups in total. The molecule has 3 nitrogen and oxygen atoms in total. The highest BCUT2D eigenvalue weighted by Gasteiger charge is 2.12. The Bertz CT molecular complexity index is 842. The standard InChI is InChI=1S/C23H26NO2P/c1-24-16-20-10-6-7-11-22(20)27-23-15-19(12-13-21(23)26-17-25-2)14-18-8-4-3-5-9-18/h3-8,10-13,15-16,18,27H,9,14,17H2,1-2H3/b24-16+. The zero-order valence-corrected chi connectivity index (χ0v) is 16.9. The Morgan fingerprint density at radius 2 is 2.04 bits per heavy atom. The van der Waals surface area contributed by atoms with Crippen LogP contribution < -0.4 is 15.3 Å². The van der Waals surface area contributed by atoms with E-state index < -0.39 is 0 Å². The minimum atomic E-state index is 0.255. The molecular weight excluding hydrogens is 353 g/mol. The molecule has 1 aliphatic rings. The molecule has 2 unspecified atom stereocenters. The van der Waals surface area contributed by atoms with Gasteiger partial charge < -0.3 is 9.47 Å². The number of methoxy groups -OCH3 is 1. The van der Waals surface area contributed by atoms with E-state index in [1.54, 1.807) is 14.2 Å². The number of aliphatic imine (C=N–C) groups is 1. The average molecular weight is 379 g/mol. The Morgan fingerprint density at radius 3 is 2.81 bits per heavy atom. The molecule has 2 aromatic carbocycles. The minimum Gasteiger partial charge on any atom is -0.467 e. The van der Waals surface area contributed by atoms with Crippen molar-refractivity contribution in [3.05, 3.63) is 77.9 Å². The Kier molecular flexibility index (Phi) is 7.38. The Morgan fingerprint density at radius 1 is 1.15 bits per heavy atom. The molecule has 0 aliphatic heterocycles. The summed E-state index contributed by atoms with van der Waals surface area (Å²) in [7, 11) is 3.95. The van der Waals surface area contributed by atoms with Crippen molar-refractivity contribution in [2.45, 2.75) is 12.8 Å². The van der Waals surface area contributed by atoms with Crippen LogP contribution in [0.4, 0.5) is 0 Å². The van der Waals surface area contributed by atoms with Gasteiger partial charge >= 0.3 is 0 Å². The van der Waals surface area contributed by atoms with E-state index in [-0.39, 0.29) is 6.79 Å². The predicted molar refractivity (Wildman–Crippen MR) is 117 cm³/mol. The number of allylic oxidation sites excluding steroid dienone is 4. The minimum absolute atomic E-state index is 0.255. The molecule has 4 heteroatoms. The summed E-state index contributed by atoms with van der Waals surface area (Å²) in [6, 6.07) is 14.9. The van der Waals surface area contributed by atoms with Crippen molar-refractivity contribution in [3.8, 4) is 5.75 Å². The van der Waals surface area contributed by atoms with Crippen LogP contribution in [0.5, 0.6) is 5.75 Å². The van der Waals surface area contributed by atoms with Crippen LogP contribution >= 0.6 is 8.58 Å². The molecule has 0 bridgehead atoms. The van der Waals surface area contributed by atoms with Gasteiger partial charge in [0.05, 0.1) is 0 Å². The third-order valence-electron chi connectivity index (χ3n) is 4.44. The molecule has 140 valence electrons. The van der Waals surface area contributed by atoms with E-state index in [0.29, 0.717) is 14.5 Å². The van der Waals surface area contributed by atoms with E-state index in [1.807, 2.05) is 12.3 Å². The Balaban J connectivity index is 1.86. The van der Waals surface area contributed by atoms with Gasteiger partial charge in [-0.05, 0) is 47.3 Å². The summed E-state index contributed by atoms with van der Waals surface area (Å²) in [6.45, 7) is 0.255. The van der Waals surface area contributed by atoms with E-state index in [1.165, 1.54) is 16.2 Å². The SMILES string of the molecule is C/N=C/c1ccccc1Pc1cc(CC2C=CC=CC2)ccc1OCOC. The van der Waals surface area contributed by atoms with Gasteiger partial charge in [-0.1, -0.05) is 63.2 Å². The van der Waals surface area contributed by atoms with Crippen molar-refractivity contribution in [2.75, 3.05) is 21.0 Å². The van der Waals surface area contributed by atoms with Gasteiger partial charge in [-0.3, -0.25) is 4.99 Å². The fraction of sp³-hybridized carbons (Fsp3) is 0.261. The largest absolute Gasteiger partial charge is 0.467 e. The summed E-state index contributed by atoms with van der Waals surface area (Å²) in [5.41, 5.74) is 2.50. The lowest BCUT2D eigenvalue weighted by Gasteiger charge is -2.17. The van der Waals surface area contributed by atoms with Crippen molar-refractivity contribution in [1.29, 1.82) is 0 Å². The van der Waals surface area contributed by atoms with Crippen LogP contribution in [-0.4, -0.2) is 27.2 Å². The van der Waals surface area contributed by atoms with Crippen molar-refractivity contribution in [3.63, 3.8) is 0 Å². The summed E-state index contributed by atoms with van der Waals surface area (Å²) in [5, 5.41) is 2.47. The van der Waals surface area contributed by atoms with Crippen LogP contribution in [0.15, 0.2) is 71.8 Å². The van der Waals surface area contributed by atoms with Gasteiger partial charge in [0.1, 0.15) is 5.75 Å². The van der Waals surface area contributed by atoms with Gasteiger partial charge in [0.2, 0.25) is 0 Å². The predicted octanol–water partition coefficient (Wildman–Crippen LogP) is 4.02. The van der Waals surface area contributed by atoms with Crippen molar-refractivity contribution in [2.24, 2.45) is 10.9 Å². The number of rotatable bonds is 8. The third kappa shape index (κ3) is 5.63. The summed E-state index contributed by atoms with van der Waals surface area (Å²) in [5.74, 6) is 1.46. The zero-order chi connectivity index (χ0) is 18.9. The van der Waals surface area contributed by atoms with Gasteiger partial charge in [-0.15, -0.1) is 0 Å². The van der Waals surface area contributed by atoms with Crippen LogP contribution in [-0.2, 0) is 11.2 Å².